The van der Waals surface area contributed by atoms with Crippen LogP contribution < -0.4 is 0 Å². The van der Waals surface area contributed by atoms with Gasteiger partial charge in [-0.25, -0.2) is 8.78 Å². The molecule has 0 aliphatic heterocycles. The Morgan fingerprint density at radius 1 is 1.64 bits per heavy atom. The van der Waals surface area contributed by atoms with Gasteiger partial charge in [0.1, 0.15) is 0 Å². The van der Waals surface area contributed by atoms with Crippen molar-refractivity contribution in [2.24, 2.45) is 0 Å². The highest BCUT2D eigenvalue weighted by Crippen LogP contribution is 2.19. The molecule has 0 aliphatic carbocycles. The summed E-state index contributed by atoms with van der Waals surface area (Å²) in [5, 5.41) is 8.13. The van der Waals surface area contributed by atoms with Crippen molar-refractivity contribution in [2.45, 2.75) is 19.3 Å². The van der Waals surface area contributed by atoms with Gasteiger partial charge in [0.05, 0.1) is 5.75 Å². The molecule has 0 saturated heterocycles. The molecule has 0 spiro atoms. The maximum Gasteiger partial charge on any atom is 0.313 e. The molecule has 0 aromatic heterocycles. The van der Waals surface area contributed by atoms with Crippen molar-refractivity contribution in [2.75, 3.05) is 11.5 Å². The van der Waals surface area contributed by atoms with Crippen LogP contribution in [0.25, 0.3) is 0 Å². The van der Waals surface area contributed by atoms with E-state index in [9.17, 15) is 13.6 Å². The van der Waals surface area contributed by atoms with Crippen LogP contribution >= 0.6 is 11.8 Å². The van der Waals surface area contributed by atoms with Crippen LogP contribution in [-0.4, -0.2) is 28.5 Å². The number of carboxylic acids is 1. The molecule has 0 unspecified atom stereocenters. The van der Waals surface area contributed by atoms with Gasteiger partial charge in [0.25, 0.3) is 0 Å². The molecule has 5 heteroatoms. The highest BCUT2D eigenvalue weighted by molar-refractivity contribution is 7.99. The monoisotopic (exact) mass is 184 g/mol. The number of carbonyl (C=O) groups is 1. The second-order valence-electron chi connectivity index (χ2n) is 2.27. The van der Waals surface area contributed by atoms with E-state index in [1.807, 2.05) is 0 Å². The Balaban J connectivity index is 3.22. The number of thioether (sulfide) groups is 1. The minimum absolute atomic E-state index is 0.101. The largest absolute Gasteiger partial charge is 0.481 e. The Morgan fingerprint density at radius 3 is 2.55 bits per heavy atom. The Labute approximate surface area is 68.0 Å². The number of alkyl halides is 2. The number of rotatable bonds is 5. The molecule has 0 aliphatic rings. The third-order valence-corrected chi connectivity index (χ3v) is 1.85. The lowest BCUT2D eigenvalue weighted by Crippen LogP contribution is -2.11. The van der Waals surface area contributed by atoms with Crippen LogP contribution in [0, 0.1) is 0 Å². The van der Waals surface area contributed by atoms with E-state index in [1.165, 1.54) is 0 Å². The smallest absolute Gasteiger partial charge is 0.313 e. The summed E-state index contributed by atoms with van der Waals surface area (Å²) in [7, 11) is 0. The van der Waals surface area contributed by atoms with Gasteiger partial charge < -0.3 is 5.11 Å². The Kier molecular flexibility index (Phi) is 4.40. The molecule has 0 saturated carbocycles. The molecule has 66 valence electrons. The first-order chi connectivity index (χ1) is 4.92. The number of carboxylic acid groups (broad SMARTS) is 1. The highest BCUT2D eigenvalue weighted by atomic mass is 32.2. The van der Waals surface area contributed by atoms with Crippen LogP contribution in [0.15, 0.2) is 0 Å². The maximum atomic E-state index is 12.1. The van der Waals surface area contributed by atoms with Crippen molar-refractivity contribution < 1.29 is 18.7 Å². The molecular weight excluding hydrogens is 174 g/mol. The van der Waals surface area contributed by atoms with Gasteiger partial charge in [0.2, 0.25) is 5.92 Å². The molecule has 0 radical (unpaired) electrons. The Bertz CT molecular complexity index is 133. The predicted octanol–water partition coefficient (Wildman–Crippen LogP) is 1.85. The van der Waals surface area contributed by atoms with Crippen molar-refractivity contribution in [3.8, 4) is 0 Å². The first kappa shape index (κ1) is 10.7. The summed E-state index contributed by atoms with van der Waals surface area (Å²) < 4.78 is 24.2. The SMILES string of the molecule is CC(F)(F)CCSCC(=O)O. The van der Waals surface area contributed by atoms with Gasteiger partial charge in [-0.05, 0) is 12.7 Å². The Morgan fingerprint density at radius 2 is 2.18 bits per heavy atom. The second-order valence-corrected chi connectivity index (χ2v) is 3.37. The van der Waals surface area contributed by atoms with E-state index in [0.717, 1.165) is 18.7 Å². The van der Waals surface area contributed by atoms with E-state index in [-0.39, 0.29) is 17.9 Å². The summed E-state index contributed by atoms with van der Waals surface area (Å²) in [6, 6.07) is 0. The lowest BCUT2D eigenvalue weighted by molar-refractivity contribution is -0.133. The van der Waals surface area contributed by atoms with Crippen molar-refractivity contribution >= 4 is 17.7 Å². The first-order valence-corrected chi connectivity index (χ1v) is 4.24. The van der Waals surface area contributed by atoms with Crippen molar-refractivity contribution in [1.29, 1.82) is 0 Å². The number of hydrogen-bond donors (Lipinski definition) is 1. The van der Waals surface area contributed by atoms with Gasteiger partial charge >= 0.3 is 5.97 Å². The normalized spacial score (nSPS) is 11.5. The third-order valence-electron chi connectivity index (χ3n) is 0.911. The van der Waals surface area contributed by atoms with Crippen molar-refractivity contribution in [1.82, 2.24) is 0 Å². The molecule has 0 atom stereocenters. The zero-order valence-electron chi connectivity index (χ0n) is 6.14. The van der Waals surface area contributed by atoms with Crippen LogP contribution in [0.4, 0.5) is 8.78 Å². The fourth-order valence-electron chi connectivity index (χ4n) is 0.411. The van der Waals surface area contributed by atoms with Gasteiger partial charge in [-0.15, -0.1) is 11.8 Å². The maximum absolute atomic E-state index is 12.1. The quantitative estimate of drug-likeness (QED) is 0.662. The van der Waals surface area contributed by atoms with Crippen LogP contribution in [0.5, 0.6) is 0 Å². The summed E-state index contributed by atoms with van der Waals surface area (Å²) >= 11 is 1.01. The molecule has 0 rings (SSSR count). The topological polar surface area (TPSA) is 37.3 Å². The molecule has 0 aromatic carbocycles. The van der Waals surface area contributed by atoms with Crippen LogP contribution in [0.1, 0.15) is 13.3 Å². The van der Waals surface area contributed by atoms with E-state index in [4.69, 9.17) is 5.11 Å². The van der Waals surface area contributed by atoms with E-state index in [0.29, 0.717) is 0 Å². The molecular formula is C6H10F2O2S. The minimum atomic E-state index is -2.68. The lowest BCUT2D eigenvalue weighted by Gasteiger charge is -2.07. The molecule has 1 N–H and O–H groups in total. The average molecular weight is 184 g/mol. The summed E-state index contributed by atoms with van der Waals surface area (Å²) in [6.45, 7) is 0.828. The second kappa shape index (κ2) is 4.54. The zero-order valence-corrected chi connectivity index (χ0v) is 6.96. The Hall–Kier alpha value is -0.320. The van der Waals surface area contributed by atoms with Crippen molar-refractivity contribution in [3.63, 3.8) is 0 Å². The van der Waals surface area contributed by atoms with E-state index in [1.54, 1.807) is 0 Å². The minimum Gasteiger partial charge on any atom is -0.481 e. The first-order valence-electron chi connectivity index (χ1n) is 3.09. The van der Waals surface area contributed by atoms with Gasteiger partial charge in [0.15, 0.2) is 0 Å². The summed E-state index contributed by atoms with van der Waals surface area (Å²) in [5.41, 5.74) is 0. The summed E-state index contributed by atoms with van der Waals surface area (Å²) in [4.78, 5) is 9.92. The molecule has 11 heavy (non-hydrogen) atoms. The van der Waals surface area contributed by atoms with Gasteiger partial charge in [-0.2, -0.15) is 0 Å². The van der Waals surface area contributed by atoms with Crippen LogP contribution in [-0.2, 0) is 4.79 Å². The van der Waals surface area contributed by atoms with Gasteiger partial charge in [-0.1, -0.05) is 0 Å². The molecule has 0 bridgehead atoms. The van der Waals surface area contributed by atoms with Gasteiger partial charge in [-0.3, -0.25) is 4.79 Å². The van der Waals surface area contributed by atoms with Crippen LogP contribution in [0.2, 0.25) is 0 Å². The van der Waals surface area contributed by atoms with Crippen molar-refractivity contribution in [3.05, 3.63) is 0 Å². The predicted molar refractivity (Wildman–Crippen MR) is 40.2 cm³/mol. The molecule has 0 amide bonds. The fraction of sp³-hybridized carbons (Fsp3) is 0.833. The van der Waals surface area contributed by atoms with E-state index >= 15 is 0 Å². The van der Waals surface area contributed by atoms with Gasteiger partial charge in [0, 0.05) is 6.42 Å². The standard InChI is InChI=1S/C6H10F2O2S/c1-6(7,8)2-3-11-4-5(9)10/h2-4H2,1H3,(H,9,10). The third kappa shape index (κ3) is 9.68. The molecule has 0 heterocycles. The molecule has 0 fully saturated rings. The fourth-order valence-corrected chi connectivity index (χ4v) is 1.23. The number of hydrogen-bond acceptors (Lipinski definition) is 2. The number of halogens is 2. The summed E-state index contributed by atoms with van der Waals surface area (Å²) in [6.07, 6.45) is -0.259. The number of aliphatic carboxylic acids is 1. The molecule has 2 nitrogen and oxygen atoms in total. The zero-order chi connectivity index (χ0) is 8.91. The molecule has 0 aromatic rings. The highest BCUT2D eigenvalue weighted by Gasteiger charge is 2.19. The van der Waals surface area contributed by atoms with E-state index < -0.39 is 11.9 Å². The average Bonchev–Trinajstić information content (AvgIpc) is 1.78. The summed E-state index contributed by atoms with van der Waals surface area (Å²) in [5.74, 6) is -3.55. The van der Waals surface area contributed by atoms with E-state index in [2.05, 4.69) is 0 Å². The van der Waals surface area contributed by atoms with Crippen LogP contribution in [0.3, 0.4) is 0 Å². The lowest BCUT2D eigenvalue weighted by atomic mass is 10.3.